The van der Waals surface area contributed by atoms with Gasteiger partial charge in [-0.2, -0.15) is 0 Å². The molecule has 1 atom stereocenters. The van der Waals surface area contributed by atoms with Gasteiger partial charge in [0, 0.05) is 25.8 Å². The fraction of sp³-hybridized carbons (Fsp3) is 0.700. The quantitative estimate of drug-likeness (QED) is 0.724. The van der Waals surface area contributed by atoms with Crippen LogP contribution >= 0.6 is 0 Å². The van der Waals surface area contributed by atoms with Crippen LogP contribution in [0.25, 0.3) is 0 Å². The van der Waals surface area contributed by atoms with E-state index in [1.54, 1.807) is 0 Å². The minimum absolute atomic E-state index is 0.124. The summed E-state index contributed by atoms with van der Waals surface area (Å²) < 4.78 is 1.93. The van der Waals surface area contributed by atoms with Crippen LogP contribution in [0.4, 0.5) is 5.82 Å². The number of rotatable bonds is 3. The number of aromatic nitrogens is 2. The van der Waals surface area contributed by atoms with Crippen molar-refractivity contribution in [2.75, 3.05) is 24.6 Å². The maximum absolute atomic E-state index is 9.42. The molecule has 15 heavy (non-hydrogen) atoms. The van der Waals surface area contributed by atoms with Gasteiger partial charge in [0.1, 0.15) is 11.6 Å². The molecule has 0 radical (unpaired) electrons. The van der Waals surface area contributed by atoms with Crippen LogP contribution in [0.1, 0.15) is 12.2 Å². The predicted molar refractivity (Wildman–Crippen MR) is 56.9 cm³/mol. The van der Waals surface area contributed by atoms with E-state index in [1.165, 1.54) is 0 Å². The van der Waals surface area contributed by atoms with Crippen LogP contribution in [-0.4, -0.2) is 45.6 Å². The van der Waals surface area contributed by atoms with Crippen molar-refractivity contribution in [3.63, 3.8) is 0 Å². The second-order valence-electron chi connectivity index (χ2n) is 3.95. The van der Waals surface area contributed by atoms with Crippen molar-refractivity contribution >= 4 is 5.82 Å². The lowest BCUT2D eigenvalue weighted by atomic mass is 10.3. The molecule has 0 bridgehead atoms. The van der Waals surface area contributed by atoms with Crippen LogP contribution in [0.15, 0.2) is 6.20 Å². The van der Waals surface area contributed by atoms with Crippen molar-refractivity contribution in [2.45, 2.75) is 26.0 Å². The third-order valence-electron chi connectivity index (χ3n) is 2.79. The van der Waals surface area contributed by atoms with Gasteiger partial charge in [0.25, 0.3) is 0 Å². The van der Waals surface area contributed by atoms with Crippen molar-refractivity contribution < 1.29 is 10.2 Å². The Morgan fingerprint density at radius 2 is 2.40 bits per heavy atom. The zero-order chi connectivity index (χ0) is 10.8. The Morgan fingerprint density at radius 3 is 3.00 bits per heavy atom. The number of aliphatic hydroxyl groups is 2. The van der Waals surface area contributed by atoms with Crippen LogP contribution in [0.5, 0.6) is 0 Å². The van der Waals surface area contributed by atoms with Crippen molar-refractivity contribution in [1.82, 2.24) is 9.55 Å². The van der Waals surface area contributed by atoms with Crippen molar-refractivity contribution in [1.29, 1.82) is 0 Å². The van der Waals surface area contributed by atoms with Crippen LogP contribution in [0, 0.1) is 6.92 Å². The summed E-state index contributed by atoms with van der Waals surface area (Å²) >= 11 is 0. The number of aliphatic hydroxyl groups excluding tert-OH is 2. The molecule has 0 spiro atoms. The lowest BCUT2D eigenvalue weighted by molar-refractivity contribution is 0.198. The Morgan fingerprint density at radius 1 is 1.60 bits per heavy atom. The standard InChI is InChI=1S/C10H17N3O2/c1-8-11-10(7-12(8)4-5-14)13-3-2-9(15)6-13/h7,9,14-15H,2-6H2,1H3. The monoisotopic (exact) mass is 211 g/mol. The molecular formula is C10H17N3O2. The zero-order valence-electron chi connectivity index (χ0n) is 8.93. The van der Waals surface area contributed by atoms with Gasteiger partial charge in [-0.25, -0.2) is 4.98 Å². The summed E-state index contributed by atoms with van der Waals surface area (Å²) in [7, 11) is 0. The molecule has 84 valence electrons. The Kier molecular flexibility index (Phi) is 2.93. The highest BCUT2D eigenvalue weighted by Crippen LogP contribution is 2.19. The largest absolute Gasteiger partial charge is 0.395 e. The van der Waals surface area contributed by atoms with Gasteiger partial charge in [0.2, 0.25) is 0 Å². The first kappa shape index (κ1) is 10.4. The zero-order valence-corrected chi connectivity index (χ0v) is 8.93. The Balaban J connectivity index is 2.12. The van der Waals surface area contributed by atoms with E-state index in [-0.39, 0.29) is 12.7 Å². The first-order valence-electron chi connectivity index (χ1n) is 5.28. The number of β-amino-alcohol motifs (C(OH)–C–C–N with tert-alkyl or cyclic N) is 1. The highest BCUT2D eigenvalue weighted by Gasteiger charge is 2.22. The molecule has 1 aliphatic heterocycles. The average molecular weight is 211 g/mol. The molecule has 2 N–H and O–H groups in total. The first-order chi connectivity index (χ1) is 7.20. The Labute approximate surface area is 89.0 Å². The van der Waals surface area contributed by atoms with Gasteiger partial charge in [-0.3, -0.25) is 0 Å². The molecular weight excluding hydrogens is 194 g/mol. The summed E-state index contributed by atoms with van der Waals surface area (Å²) in [6.45, 7) is 4.15. The van der Waals surface area contributed by atoms with E-state index in [1.807, 2.05) is 17.7 Å². The molecule has 0 saturated carbocycles. The molecule has 5 heteroatoms. The summed E-state index contributed by atoms with van der Waals surface area (Å²) in [6, 6.07) is 0. The fourth-order valence-corrected chi connectivity index (χ4v) is 1.93. The van der Waals surface area contributed by atoms with Gasteiger partial charge < -0.3 is 19.7 Å². The topological polar surface area (TPSA) is 61.5 Å². The van der Waals surface area contributed by atoms with E-state index >= 15 is 0 Å². The predicted octanol–water partition coefficient (Wildman–Crippen LogP) is -0.245. The minimum Gasteiger partial charge on any atom is -0.395 e. The molecule has 5 nitrogen and oxygen atoms in total. The summed E-state index contributed by atoms with van der Waals surface area (Å²) in [5.41, 5.74) is 0. The number of nitrogens with zero attached hydrogens (tertiary/aromatic N) is 3. The average Bonchev–Trinajstić information content (AvgIpc) is 2.75. The molecule has 0 aliphatic carbocycles. The van der Waals surface area contributed by atoms with E-state index in [2.05, 4.69) is 9.88 Å². The van der Waals surface area contributed by atoms with Gasteiger partial charge in [-0.15, -0.1) is 0 Å². The number of imidazole rings is 1. The molecule has 1 aromatic heterocycles. The minimum atomic E-state index is -0.228. The van der Waals surface area contributed by atoms with Gasteiger partial charge in [-0.05, 0) is 13.3 Å². The second kappa shape index (κ2) is 4.20. The lowest BCUT2D eigenvalue weighted by Gasteiger charge is -2.13. The number of hydrogen-bond donors (Lipinski definition) is 2. The summed E-state index contributed by atoms with van der Waals surface area (Å²) in [4.78, 5) is 6.49. The molecule has 0 amide bonds. The number of aryl methyl sites for hydroxylation is 1. The molecule has 2 heterocycles. The maximum Gasteiger partial charge on any atom is 0.147 e. The van der Waals surface area contributed by atoms with Gasteiger partial charge >= 0.3 is 0 Å². The lowest BCUT2D eigenvalue weighted by Crippen LogP contribution is -2.21. The van der Waals surface area contributed by atoms with E-state index in [0.717, 1.165) is 24.6 Å². The Hall–Kier alpha value is -1.07. The maximum atomic E-state index is 9.42. The molecule has 1 fully saturated rings. The highest BCUT2D eigenvalue weighted by molar-refractivity contribution is 5.39. The van der Waals surface area contributed by atoms with E-state index < -0.39 is 0 Å². The third kappa shape index (κ3) is 2.13. The number of anilines is 1. The highest BCUT2D eigenvalue weighted by atomic mass is 16.3. The molecule has 1 aromatic rings. The fourth-order valence-electron chi connectivity index (χ4n) is 1.93. The summed E-state index contributed by atoms with van der Waals surface area (Å²) in [5.74, 6) is 1.80. The first-order valence-corrected chi connectivity index (χ1v) is 5.28. The van der Waals surface area contributed by atoms with Crippen LogP contribution in [0.3, 0.4) is 0 Å². The van der Waals surface area contributed by atoms with Crippen LogP contribution in [-0.2, 0) is 6.54 Å². The second-order valence-corrected chi connectivity index (χ2v) is 3.95. The van der Waals surface area contributed by atoms with Crippen molar-refractivity contribution in [3.05, 3.63) is 12.0 Å². The SMILES string of the molecule is Cc1nc(N2CCC(O)C2)cn1CCO. The Bertz CT molecular complexity index is 337. The molecule has 1 unspecified atom stereocenters. The van der Waals surface area contributed by atoms with E-state index in [0.29, 0.717) is 13.1 Å². The van der Waals surface area contributed by atoms with Crippen LogP contribution < -0.4 is 4.90 Å². The van der Waals surface area contributed by atoms with Crippen molar-refractivity contribution in [2.24, 2.45) is 0 Å². The van der Waals surface area contributed by atoms with Crippen molar-refractivity contribution in [3.8, 4) is 0 Å². The summed E-state index contributed by atoms with van der Waals surface area (Å²) in [6.07, 6.45) is 2.52. The molecule has 0 aromatic carbocycles. The van der Waals surface area contributed by atoms with Gasteiger partial charge in [0.15, 0.2) is 0 Å². The molecule has 2 rings (SSSR count). The molecule has 1 aliphatic rings. The van der Waals surface area contributed by atoms with E-state index in [4.69, 9.17) is 5.11 Å². The van der Waals surface area contributed by atoms with Gasteiger partial charge in [-0.1, -0.05) is 0 Å². The van der Waals surface area contributed by atoms with Gasteiger partial charge in [0.05, 0.1) is 12.7 Å². The molecule has 1 saturated heterocycles. The smallest absolute Gasteiger partial charge is 0.147 e. The third-order valence-corrected chi connectivity index (χ3v) is 2.79. The van der Waals surface area contributed by atoms with Crippen LogP contribution in [0.2, 0.25) is 0 Å². The normalized spacial score (nSPS) is 21.3. The number of hydrogen-bond acceptors (Lipinski definition) is 4. The summed E-state index contributed by atoms with van der Waals surface area (Å²) in [5, 5.41) is 18.3. The van der Waals surface area contributed by atoms with E-state index in [9.17, 15) is 5.11 Å².